The molecule has 0 spiro atoms. The predicted octanol–water partition coefficient (Wildman–Crippen LogP) is -1.13. The minimum absolute atomic E-state index is 0.0338. The molecule has 0 saturated carbocycles. The normalized spacial score (nSPS) is 20.3. The molecule has 0 aromatic rings. The Morgan fingerprint density at radius 2 is 2.28 bits per heavy atom. The molecule has 0 aliphatic carbocycles. The van der Waals surface area contributed by atoms with Crippen molar-refractivity contribution in [1.29, 1.82) is 0 Å². The zero-order chi connectivity index (χ0) is 13.5. The van der Waals surface area contributed by atoms with Gasteiger partial charge in [0, 0.05) is 32.7 Å². The Morgan fingerprint density at radius 1 is 1.56 bits per heavy atom. The molecule has 1 saturated heterocycles. The second-order valence-electron chi connectivity index (χ2n) is 4.78. The molecule has 6 heteroatoms. The average molecular weight is 256 g/mol. The van der Waals surface area contributed by atoms with Crippen molar-refractivity contribution >= 4 is 11.8 Å². The Balaban J connectivity index is 2.32. The van der Waals surface area contributed by atoms with Gasteiger partial charge in [-0.1, -0.05) is 0 Å². The Hall–Kier alpha value is -1.14. The number of rotatable bonds is 6. The highest BCUT2D eigenvalue weighted by molar-refractivity contribution is 5.88. The minimum Gasteiger partial charge on any atom is -0.355 e. The zero-order valence-electron chi connectivity index (χ0n) is 11.5. The standard InChI is InChI=1S/C12H24N4O2/c1-4-16-8-6-13-10(12(16)18)9-11(17)14-5-7-15(2)3/h10,13H,4-9H2,1-3H3,(H,14,17). The first-order chi connectivity index (χ1) is 8.54. The van der Waals surface area contributed by atoms with Crippen LogP contribution in [0.25, 0.3) is 0 Å². The maximum absolute atomic E-state index is 11.9. The summed E-state index contributed by atoms with van der Waals surface area (Å²) in [5.74, 6) is -0.0350. The van der Waals surface area contributed by atoms with Crippen molar-refractivity contribution < 1.29 is 9.59 Å². The van der Waals surface area contributed by atoms with E-state index in [1.807, 2.05) is 25.9 Å². The van der Waals surface area contributed by atoms with Gasteiger partial charge in [0.2, 0.25) is 11.8 Å². The quantitative estimate of drug-likeness (QED) is 0.631. The van der Waals surface area contributed by atoms with Crippen molar-refractivity contribution in [1.82, 2.24) is 20.4 Å². The van der Waals surface area contributed by atoms with Crippen molar-refractivity contribution in [2.24, 2.45) is 0 Å². The number of likely N-dealkylation sites (N-methyl/N-ethyl adjacent to an activating group) is 2. The van der Waals surface area contributed by atoms with Gasteiger partial charge in [0.25, 0.3) is 0 Å². The highest BCUT2D eigenvalue weighted by atomic mass is 16.2. The summed E-state index contributed by atoms with van der Waals surface area (Å²) in [4.78, 5) is 27.4. The maximum atomic E-state index is 11.9. The van der Waals surface area contributed by atoms with Gasteiger partial charge in [0.05, 0.1) is 12.5 Å². The van der Waals surface area contributed by atoms with Gasteiger partial charge in [0.15, 0.2) is 0 Å². The van der Waals surface area contributed by atoms with Crippen LogP contribution in [0.3, 0.4) is 0 Å². The third-order valence-electron chi connectivity index (χ3n) is 3.03. The summed E-state index contributed by atoms with van der Waals surface area (Å²) in [6, 6.07) is -0.363. The van der Waals surface area contributed by atoms with E-state index in [9.17, 15) is 9.59 Å². The number of carbonyl (C=O) groups excluding carboxylic acids is 2. The molecule has 1 unspecified atom stereocenters. The Morgan fingerprint density at radius 3 is 2.89 bits per heavy atom. The van der Waals surface area contributed by atoms with Gasteiger partial charge < -0.3 is 20.4 Å². The van der Waals surface area contributed by atoms with Gasteiger partial charge in [-0.2, -0.15) is 0 Å². The van der Waals surface area contributed by atoms with Gasteiger partial charge >= 0.3 is 0 Å². The number of piperazine rings is 1. The molecule has 1 aliphatic rings. The molecule has 2 N–H and O–H groups in total. The summed E-state index contributed by atoms with van der Waals surface area (Å²) in [5.41, 5.74) is 0. The number of hydrogen-bond donors (Lipinski definition) is 2. The lowest BCUT2D eigenvalue weighted by molar-refractivity contribution is -0.138. The van der Waals surface area contributed by atoms with Crippen LogP contribution in [0.4, 0.5) is 0 Å². The van der Waals surface area contributed by atoms with E-state index in [1.165, 1.54) is 0 Å². The third kappa shape index (κ3) is 4.62. The number of nitrogens with zero attached hydrogens (tertiary/aromatic N) is 2. The van der Waals surface area contributed by atoms with Gasteiger partial charge in [-0.05, 0) is 21.0 Å². The van der Waals surface area contributed by atoms with E-state index in [1.54, 1.807) is 4.90 Å². The molecule has 1 fully saturated rings. The van der Waals surface area contributed by atoms with Crippen LogP contribution in [-0.4, -0.2) is 74.5 Å². The topological polar surface area (TPSA) is 64.7 Å². The molecule has 1 heterocycles. The van der Waals surface area contributed by atoms with Crippen molar-refractivity contribution in [2.75, 3.05) is 46.8 Å². The lowest BCUT2D eigenvalue weighted by atomic mass is 10.1. The number of nitrogens with one attached hydrogen (secondary N) is 2. The first-order valence-corrected chi connectivity index (χ1v) is 6.48. The number of carbonyl (C=O) groups is 2. The monoisotopic (exact) mass is 256 g/mol. The van der Waals surface area contributed by atoms with Crippen LogP contribution < -0.4 is 10.6 Å². The van der Waals surface area contributed by atoms with E-state index in [4.69, 9.17) is 0 Å². The fourth-order valence-electron chi connectivity index (χ4n) is 1.94. The van der Waals surface area contributed by atoms with E-state index in [2.05, 4.69) is 10.6 Å². The van der Waals surface area contributed by atoms with Crippen LogP contribution in [0.5, 0.6) is 0 Å². The first kappa shape index (κ1) is 14.9. The zero-order valence-corrected chi connectivity index (χ0v) is 11.5. The molecule has 104 valence electrons. The molecule has 1 aliphatic heterocycles. The van der Waals surface area contributed by atoms with Crippen molar-refractivity contribution in [3.63, 3.8) is 0 Å². The van der Waals surface area contributed by atoms with Crippen molar-refractivity contribution in [2.45, 2.75) is 19.4 Å². The third-order valence-corrected chi connectivity index (χ3v) is 3.03. The number of amides is 2. The Labute approximate surface area is 109 Å². The van der Waals surface area contributed by atoms with Gasteiger partial charge in [0.1, 0.15) is 0 Å². The van der Waals surface area contributed by atoms with Crippen molar-refractivity contribution in [3.8, 4) is 0 Å². The van der Waals surface area contributed by atoms with Gasteiger partial charge in [-0.25, -0.2) is 0 Å². The Bertz CT molecular complexity index is 294. The molecule has 18 heavy (non-hydrogen) atoms. The smallest absolute Gasteiger partial charge is 0.240 e. The number of hydrogen-bond acceptors (Lipinski definition) is 4. The summed E-state index contributed by atoms with van der Waals surface area (Å²) in [7, 11) is 3.91. The van der Waals surface area contributed by atoms with E-state index in [-0.39, 0.29) is 24.3 Å². The average Bonchev–Trinajstić information content (AvgIpc) is 2.31. The summed E-state index contributed by atoms with van der Waals surface area (Å²) < 4.78 is 0. The largest absolute Gasteiger partial charge is 0.355 e. The summed E-state index contributed by atoms with van der Waals surface area (Å²) in [6.07, 6.45) is 0.225. The van der Waals surface area contributed by atoms with E-state index in [0.29, 0.717) is 13.1 Å². The molecule has 1 atom stereocenters. The second kappa shape index (κ2) is 7.33. The van der Waals surface area contributed by atoms with Crippen LogP contribution in [0, 0.1) is 0 Å². The molecule has 0 aromatic carbocycles. The van der Waals surface area contributed by atoms with E-state index >= 15 is 0 Å². The summed E-state index contributed by atoms with van der Waals surface area (Å²) in [6.45, 7) is 5.57. The van der Waals surface area contributed by atoms with Crippen molar-refractivity contribution in [3.05, 3.63) is 0 Å². The molecular weight excluding hydrogens is 232 g/mol. The van der Waals surface area contributed by atoms with Crippen LogP contribution in [0.1, 0.15) is 13.3 Å². The molecule has 0 aromatic heterocycles. The van der Waals surface area contributed by atoms with E-state index < -0.39 is 0 Å². The van der Waals surface area contributed by atoms with Crippen LogP contribution in [0.2, 0.25) is 0 Å². The molecule has 1 rings (SSSR count). The maximum Gasteiger partial charge on any atom is 0.240 e. The van der Waals surface area contributed by atoms with Crippen LogP contribution in [0.15, 0.2) is 0 Å². The highest BCUT2D eigenvalue weighted by Crippen LogP contribution is 2.04. The first-order valence-electron chi connectivity index (χ1n) is 6.48. The van der Waals surface area contributed by atoms with Gasteiger partial charge in [-0.15, -0.1) is 0 Å². The molecule has 2 amide bonds. The minimum atomic E-state index is -0.363. The van der Waals surface area contributed by atoms with E-state index in [0.717, 1.165) is 19.6 Å². The van der Waals surface area contributed by atoms with Gasteiger partial charge in [-0.3, -0.25) is 9.59 Å². The Kier molecular flexibility index (Phi) is 6.07. The molecule has 0 radical (unpaired) electrons. The lowest BCUT2D eigenvalue weighted by Crippen LogP contribution is -2.56. The lowest BCUT2D eigenvalue weighted by Gasteiger charge is -2.32. The predicted molar refractivity (Wildman–Crippen MR) is 70.2 cm³/mol. The molecule has 0 bridgehead atoms. The highest BCUT2D eigenvalue weighted by Gasteiger charge is 2.28. The molecule has 6 nitrogen and oxygen atoms in total. The summed E-state index contributed by atoms with van der Waals surface area (Å²) in [5, 5.41) is 5.92. The fraction of sp³-hybridized carbons (Fsp3) is 0.833. The summed E-state index contributed by atoms with van der Waals surface area (Å²) >= 11 is 0. The second-order valence-corrected chi connectivity index (χ2v) is 4.78. The SMILES string of the molecule is CCN1CCNC(CC(=O)NCCN(C)C)C1=O. The fourth-order valence-corrected chi connectivity index (χ4v) is 1.94. The van der Waals surface area contributed by atoms with Crippen LogP contribution in [-0.2, 0) is 9.59 Å². The molecular formula is C12H24N4O2. The van der Waals surface area contributed by atoms with Crippen LogP contribution >= 0.6 is 0 Å².